The summed E-state index contributed by atoms with van der Waals surface area (Å²) in [6, 6.07) is 11.6. The fourth-order valence-electron chi connectivity index (χ4n) is 5.82. The largest absolute Gasteiger partial charge is 0.381 e. The van der Waals surface area contributed by atoms with E-state index in [9.17, 15) is 18.4 Å². The van der Waals surface area contributed by atoms with Crippen LogP contribution in [0.1, 0.15) is 59.1 Å². The molecule has 1 atom stereocenters. The van der Waals surface area contributed by atoms with Crippen molar-refractivity contribution < 1.29 is 23.1 Å². The van der Waals surface area contributed by atoms with Crippen molar-refractivity contribution in [2.75, 3.05) is 19.8 Å². The zero-order chi connectivity index (χ0) is 26.4. The number of ether oxygens (including phenoxy) is 1. The van der Waals surface area contributed by atoms with Crippen LogP contribution in [0.2, 0.25) is 0 Å². The molecular weight excluding hydrogens is 490 g/mol. The summed E-state index contributed by atoms with van der Waals surface area (Å²) in [7, 11) is 0. The van der Waals surface area contributed by atoms with Crippen LogP contribution >= 0.6 is 0 Å². The zero-order valence-corrected chi connectivity index (χ0v) is 21.1. The number of fused-ring (bicyclic) bond motifs is 1. The van der Waals surface area contributed by atoms with Crippen LogP contribution in [0.15, 0.2) is 42.5 Å². The van der Waals surface area contributed by atoms with Gasteiger partial charge in [-0.05, 0) is 49.4 Å². The normalized spacial score (nSPS) is 21.6. The maximum atomic E-state index is 14.5. The molecule has 4 heterocycles. The molecule has 7 nitrogen and oxygen atoms in total. The van der Waals surface area contributed by atoms with Gasteiger partial charge in [-0.3, -0.25) is 9.59 Å². The molecule has 2 amide bonds. The van der Waals surface area contributed by atoms with E-state index in [4.69, 9.17) is 4.74 Å². The molecule has 3 aliphatic heterocycles. The lowest BCUT2D eigenvalue weighted by Crippen LogP contribution is -2.44. The van der Waals surface area contributed by atoms with E-state index < -0.39 is 17.0 Å². The number of amides is 2. The Morgan fingerprint density at radius 2 is 1.74 bits per heavy atom. The summed E-state index contributed by atoms with van der Waals surface area (Å²) in [4.78, 5) is 36.8. The maximum Gasteiger partial charge on any atom is 0.255 e. The zero-order valence-electron chi connectivity index (χ0n) is 21.1. The Morgan fingerprint density at radius 3 is 2.45 bits per heavy atom. The third kappa shape index (κ3) is 4.15. The molecule has 0 radical (unpaired) electrons. The minimum Gasteiger partial charge on any atom is -0.381 e. The van der Waals surface area contributed by atoms with Crippen molar-refractivity contribution in [2.45, 2.75) is 50.6 Å². The first-order chi connectivity index (χ1) is 18.3. The number of likely N-dealkylation sites (tertiary alicyclic amines) is 1. The van der Waals surface area contributed by atoms with Crippen molar-refractivity contribution in [2.24, 2.45) is 0 Å². The minimum atomic E-state index is -0.762. The van der Waals surface area contributed by atoms with Gasteiger partial charge in [0.1, 0.15) is 11.6 Å². The molecule has 196 valence electrons. The summed E-state index contributed by atoms with van der Waals surface area (Å²) in [5, 5.41) is 2.73. The van der Waals surface area contributed by atoms with Crippen LogP contribution in [0.4, 0.5) is 8.78 Å². The SMILES string of the molecule is C[C@@]1(c2ccc(Cc3nc(-c4c(F)cccc4F)nc4c3C(=O)NC4)cc2)CCN(C2CCOCC2)C1=O. The van der Waals surface area contributed by atoms with Crippen LogP contribution in [0, 0.1) is 11.6 Å². The van der Waals surface area contributed by atoms with Crippen LogP contribution in [0.25, 0.3) is 11.4 Å². The van der Waals surface area contributed by atoms with Crippen LogP contribution in [-0.2, 0) is 27.9 Å². The molecular formula is C29H28F2N4O3. The van der Waals surface area contributed by atoms with Gasteiger partial charge in [-0.2, -0.15) is 0 Å². The van der Waals surface area contributed by atoms with Gasteiger partial charge >= 0.3 is 0 Å². The van der Waals surface area contributed by atoms with Crippen molar-refractivity contribution in [1.29, 1.82) is 0 Å². The number of carbonyl (C=O) groups is 2. The van der Waals surface area contributed by atoms with E-state index in [-0.39, 0.29) is 42.2 Å². The van der Waals surface area contributed by atoms with E-state index in [0.717, 1.165) is 49.1 Å². The first-order valence-corrected chi connectivity index (χ1v) is 13.0. The lowest BCUT2D eigenvalue weighted by molar-refractivity contribution is -0.135. The number of aromatic nitrogens is 2. The molecule has 2 aromatic carbocycles. The molecule has 0 spiro atoms. The Morgan fingerprint density at radius 1 is 1.03 bits per heavy atom. The van der Waals surface area contributed by atoms with Crippen LogP contribution in [-0.4, -0.2) is 52.5 Å². The third-order valence-electron chi connectivity index (χ3n) is 8.07. The standard InChI is InChI=1S/C29H28F2N4O3/c1-29(11-12-35(28(29)37)19-9-13-38-14-10-19)18-7-5-17(6-8-18)15-22-25-23(16-32-27(25)36)34-26(33-22)24-20(30)3-2-4-21(24)31/h2-8,19H,9-16H2,1H3,(H,32,36)/t29-/m0/s1. The van der Waals surface area contributed by atoms with Gasteiger partial charge in [-0.25, -0.2) is 18.7 Å². The summed E-state index contributed by atoms with van der Waals surface area (Å²) >= 11 is 0. The quantitative estimate of drug-likeness (QED) is 0.554. The van der Waals surface area contributed by atoms with Crippen molar-refractivity contribution in [3.05, 3.63) is 82.2 Å². The minimum absolute atomic E-state index is 0.0836. The van der Waals surface area contributed by atoms with Gasteiger partial charge < -0.3 is 15.0 Å². The second kappa shape index (κ2) is 9.54. The van der Waals surface area contributed by atoms with Crippen molar-refractivity contribution in [1.82, 2.24) is 20.2 Å². The number of carbonyl (C=O) groups excluding carboxylic acids is 2. The molecule has 3 aliphatic rings. The fraction of sp³-hybridized carbons (Fsp3) is 0.379. The lowest BCUT2D eigenvalue weighted by Gasteiger charge is -2.33. The number of hydrogen-bond donors (Lipinski definition) is 1. The highest BCUT2D eigenvalue weighted by Gasteiger charge is 2.46. The van der Waals surface area contributed by atoms with Gasteiger partial charge in [0.05, 0.1) is 34.5 Å². The maximum absolute atomic E-state index is 14.5. The molecule has 6 rings (SSSR count). The molecule has 0 unspecified atom stereocenters. The summed E-state index contributed by atoms with van der Waals surface area (Å²) < 4.78 is 34.4. The average molecular weight is 519 g/mol. The Kier molecular flexibility index (Phi) is 6.18. The van der Waals surface area contributed by atoms with E-state index in [1.807, 2.05) is 36.1 Å². The average Bonchev–Trinajstić information content (AvgIpc) is 3.44. The monoisotopic (exact) mass is 518 g/mol. The number of nitrogens with one attached hydrogen (secondary N) is 1. The topological polar surface area (TPSA) is 84.4 Å². The number of halogens is 2. The molecule has 2 saturated heterocycles. The predicted molar refractivity (Wildman–Crippen MR) is 135 cm³/mol. The van der Waals surface area contributed by atoms with Crippen molar-refractivity contribution in [3.8, 4) is 11.4 Å². The Hall–Kier alpha value is -3.72. The van der Waals surface area contributed by atoms with Crippen LogP contribution in [0.5, 0.6) is 0 Å². The van der Waals surface area contributed by atoms with E-state index >= 15 is 0 Å². The Labute approximate surface area is 219 Å². The van der Waals surface area contributed by atoms with Gasteiger partial charge in [0.2, 0.25) is 5.91 Å². The Bertz CT molecular complexity index is 1400. The molecule has 1 N–H and O–H groups in total. The van der Waals surface area contributed by atoms with E-state index in [2.05, 4.69) is 15.3 Å². The fourth-order valence-corrected chi connectivity index (χ4v) is 5.82. The van der Waals surface area contributed by atoms with Crippen LogP contribution < -0.4 is 5.32 Å². The number of rotatable bonds is 5. The van der Waals surface area contributed by atoms with E-state index in [0.29, 0.717) is 30.2 Å². The van der Waals surface area contributed by atoms with E-state index in [1.54, 1.807) is 0 Å². The summed E-state index contributed by atoms with van der Waals surface area (Å²) in [5.41, 5.74) is 2.08. The smallest absolute Gasteiger partial charge is 0.255 e. The molecule has 1 aromatic heterocycles. The van der Waals surface area contributed by atoms with Gasteiger partial charge in [0.25, 0.3) is 5.91 Å². The first kappa shape index (κ1) is 24.6. The molecule has 2 fully saturated rings. The number of benzene rings is 2. The highest BCUT2D eigenvalue weighted by Crippen LogP contribution is 2.38. The second-order valence-corrected chi connectivity index (χ2v) is 10.4. The highest BCUT2D eigenvalue weighted by atomic mass is 19.1. The van der Waals surface area contributed by atoms with Gasteiger partial charge in [-0.15, -0.1) is 0 Å². The molecule has 0 saturated carbocycles. The summed E-state index contributed by atoms with van der Waals surface area (Å²) in [6.07, 6.45) is 2.77. The van der Waals surface area contributed by atoms with Crippen molar-refractivity contribution >= 4 is 11.8 Å². The second-order valence-electron chi connectivity index (χ2n) is 10.4. The molecule has 9 heteroatoms. The van der Waals surface area contributed by atoms with Gasteiger partial charge in [-0.1, -0.05) is 30.3 Å². The highest BCUT2D eigenvalue weighted by molar-refractivity contribution is 5.99. The molecule has 0 bridgehead atoms. The third-order valence-corrected chi connectivity index (χ3v) is 8.07. The summed E-state index contributed by atoms with van der Waals surface area (Å²) in [5.74, 6) is -1.76. The molecule has 3 aromatic rings. The number of hydrogen-bond acceptors (Lipinski definition) is 5. The molecule has 0 aliphatic carbocycles. The van der Waals surface area contributed by atoms with Gasteiger partial charge in [0, 0.05) is 32.2 Å². The van der Waals surface area contributed by atoms with E-state index in [1.165, 1.54) is 6.07 Å². The first-order valence-electron chi connectivity index (χ1n) is 13.0. The predicted octanol–water partition coefficient (Wildman–Crippen LogP) is 3.93. The molecule has 38 heavy (non-hydrogen) atoms. The number of nitrogens with zero attached hydrogens (tertiary/aromatic N) is 3. The lowest BCUT2D eigenvalue weighted by atomic mass is 9.80. The summed E-state index contributed by atoms with van der Waals surface area (Å²) in [6.45, 7) is 4.29. The van der Waals surface area contributed by atoms with Gasteiger partial charge in [0.15, 0.2) is 5.82 Å². The van der Waals surface area contributed by atoms with Crippen LogP contribution in [0.3, 0.4) is 0 Å². The Balaban J connectivity index is 1.28. The van der Waals surface area contributed by atoms with Crippen molar-refractivity contribution in [3.63, 3.8) is 0 Å².